The molecule has 0 spiro atoms. The Morgan fingerprint density at radius 3 is 2.60 bits per heavy atom. The van der Waals surface area contributed by atoms with E-state index < -0.39 is 12.2 Å². The molecule has 0 unspecified atom stereocenters. The van der Waals surface area contributed by atoms with Crippen molar-refractivity contribution in [3.63, 3.8) is 0 Å². The number of pyridine rings is 1. The minimum atomic E-state index is -4.76. The van der Waals surface area contributed by atoms with Gasteiger partial charge in [-0.05, 0) is 0 Å². The molecule has 4 nitrogen and oxygen atoms in total. The van der Waals surface area contributed by atoms with Gasteiger partial charge in [0.05, 0.1) is 13.3 Å². The molecule has 1 rings (SSSR count). The average molecular weight is 222 g/mol. The summed E-state index contributed by atoms with van der Waals surface area (Å²) in [5, 5.41) is 0. The number of hydrogen-bond donors (Lipinski definition) is 1. The van der Waals surface area contributed by atoms with Crippen LogP contribution in [0.3, 0.4) is 0 Å². The van der Waals surface area contributed by atoms with Gasteiger partial charge in [0.25, 0.3) is 0 Å². The smallest absolute Gasteiger partial charge is 0.495 e. The van der Waals surface area contributed by atoms with E-state index in [2.05, 4.69) is 9.72 Å². The zero-order valence-electron chi connectivity index (χ0n) is 7.84. The summed E-state index contributed by atoms with van der Waals surface area (Å²) in [6.07, 6.45) is -3.63. The molecule has 0 atom stereocenters. The summed E-state index contributed by atoms with van der Waals surface area (Å²) in [6, 6.07) is 1.09. The van der Waals surface area contributed by atoms with Crippen molar-refractivity contribution in [3.8, 4) is 11.6 Å². The molecule has 1 heterocycles. The minimum absolute atomic E-state index is 0.0416. The molecule has 84 valence electrons. The monoisotopic (exact) mass is 222 g/mol. The summed E-state index contributed by atoms with van der Waals surface area (Å²) >= 11 is 0. The van der Waals surface area contributed by atoms with Crippen molar-refractivity contribution >= 4 is 0 Å². The normalized spacial score (nSPS) is 11.3. The van der Waals surface area contributed by atoms with Gasteiger partial charge in [0.1, 0.15) is 5.75 Å². The first-order valence-electron chi connectivity index (χ1n) is 3.95. The first-order chi connectivity index (χ1) is 6.96. The van der Waals surface area contributed by atoms with Gasteiger partial charge in [-0.3, -0.25) is 0 Å². The van der Waals surface area contributed by atoms with E-state index in [-0.39, 0.29) is 6.54 Å². The second-order valence-corrected chi connectivity index (χ2v) is 2.59. The van der Waals surface area contributed by atoms with Gasteiger partial charge < -0.3 is 15.2 Å². The van der Waals surface area contributed by atoms with Gasteiger partial charge in [0.2, 0.25) is 5.88 Å². The average Bonchev–Trinajstić information content (AvgIpc) is 2.15. The summed E-state index contributed by atoms with van der Waals surface area (Å²) in [5.41, 5.74) is 5.71. The Kier molecular flexibility index (Phi) is 3.35. The standard InChI is InChI=1S/C8H9F3N2O2/c1-14-6-4-13-7(2-5(6)3-12)15-8(9,10)11/h2,4H,3,12H2,1H3. The zero-order valence-corrected chi connectivity index (χ0v) is 7.84. The van der Waals surface area contributed by atoms with Crippen LogP contribution in [0.4, 0.5) is 13.2 Å². The Morgan fingerprint density at radius 1 is 1.47 bits per heavy atom. The third-order valence-corrected chi connectivity index (χ3v) is 1.58. The van der Waals surface area contributed by atoms with Gasteiger partial charge in [0.15, 0.2) is 0 Å². The van der Waals surface area contributed by atoms with E-state index in [9.17, 15) is 13.2 Å². The Hall–Kier alpha value is -1.50. The number of methoxy groups -OCH3 is 1. The molecule has 0 aromatic carbocycles. The molecular formula is C8H9F3N2O2. The summed E-state index contributed by atoms with van der Waals surface area (Å²) in [6.45, 7) is 0.0416. The molecule has 0 fully saturated rings. The van der Waals surface area contributed by atoms with Crippen LogP contribution in [0.15, 0.2) is 12.3 Å². The fourth-order valence-electron chi connectivity index (χ4n) is 0.980. The number of aromatic nitrogens is 1. The van der Waals surface area contributed by atoms with E-state index in [1.165, 1.54) is 7.11 Å². The number of rotatable bonds is 3. The molecule has 0 bridgehead atoms. The van der Waals surface area contributed by atoms with E-state index in [0.29, 0.717) is 11.3 Å². The molecule has 1 aromatic rings. The summed E-state index contributed by atoms with van der Waals surface area (Å²) in [5.74, 6) is -0.226. The van der Waals surface area contributed by atoms with Gasteiger partial charge in [-0.1, -0.05) is 0 Å². The molecule has 7 heteroatoms. The van der Waals surface area contributed by atoms with Crippen LogP contribution in [0.2, 0.25) is 0 Å². The molecule has 0 saturated carbocycles. The third-order valence-electron chi connectivity index (χ3n) is 1.58. The van der Waals surface area contributed by atoms with E-state index in [4.69, 9.17) is 10.5 Å². The zero-order chi connectivity index (χ0) is 11.5. The minimum Gasteiger partial charge on any atom is -0.495 e. The molecule has 0 aliphatic heterocycles. The highest BCUT2D eigenvalue weighted by Crippen LogP contribution is 2.25. The van der Waals surface area contributed by atoms with Crippen LogP contribution in [0, 0.1) is 0 Å². The van der Waals surface area contributed by atoms with Crippen LogP contribution in [-0.4, -0.2) is 18.5 Å². The molecule has 2 N–H and O–H groups in total. The second kappa shape index (κ2) is 4.35. The van der Waals surface area contributed by atoms with Crippen LogP contribution in [0.5, 0.6) is 11.6 Å². The SMILES string of the molecule is COc1cnc(OC(F)(F)F)cc1CN. The third kappa shape index (κ3) is 3.28. The second-order valence-electron chi connectivity index (χ2n) is 2.59. The highest BCUT2D eigenvalue weighted by Gasteiger charge is 2.32. The first-order valence-corrected chi connectivity index (χ1v) is 3.95. The Balaban J connectivity index is 2.93. The van der Waals surface area contributed by atoms with Crippen molar-refractivity contribution < 1.29 is 22.6 Å². The molecule has 0 saturated heterocycles. The lowest BCUT2D eigenvalue weighted by Gasteiger charge is -2.10. The Morgan fingerprint density at radius 2 is 2.13 bits per heavy atom. The van der Waals surface area contributed by atoms with Gasteiger partial charge in [-0.15, -0.1) is 13.2 Å². The van der Waals surface area contributed by atoms with Crippen LogP contribution in [-0.2, 0) is 6.54 Å². The van der Waals surface area contributed by atoms with Gasteiger partial charge in [0, 0.05) is 18.2 Å². The van der Waals surface area contributed by atoms with Crippen LogP contribution in [0.25, 0.3) is 0 Å². The first kappa shape index (κ1) is 11.6. The van der Waals surface area contributed by atoms with E-state index in [1.807, 2.05) is 0 Å². The van der Waals surface area contributed by atoms with Crippen LogP contribution in [0.1, 0.15) is 5.56 Å². The topological polar surface area (TPSA) is 57.4 Å². The van der Waals surface area contributed by atoms with Crippen molar-refractivity contribution in [2.45, 2.75) is 12.9 Å². The van der Waals surface area contributed by atoms with Gasteiger partial charge in [-0.2, -0.15) is 0 Å². The number of halogens is 3. The predicted molar refractivity (Wildman–Crippen MR) is 45.4 cm³/mol. The number of nitrogens with zero attached hydrogens (tertiary/aromatic N) is 1. The maximum Gasteiger partial charge on any atom is 0.574 e. The molecule has 1 aromatic heterocycles. The van der Waals surface area contributed by atoms with Crippen molar-refractivity contribution in [3.05, 3.63) is 17.8 Å². The molecule has 0 aliphatic carbocycles. The van der Waals surface area contributed by atoms with Crippen LogP contribution < -0.4 is 15.2 Å². The number of alkyl halides is 3. The summed E-state index contributed by atoms with van der Waals surface area (Å²) in [7, 11) is 1.38. The molecule has 0 aliphatic rings. The fraction of sp³-hybridized carbons (Fsp3) is 0.375. The quantitative estimate of drug-likeness (QED) is 0.840. The fourth-order valence-corrected chi connectivity index (χ4v) is 0.980. The van der Waals surface area contributed by atoms with Crippen molar-refractivity contribution in [2.75, 3.05) is 7.11 Å². The lowest BCUT2D eigenvalue weighted by molar-refractivity contribution is -0.276. The molecular weight excluding hydrogens is 213 g/mol. The van der Waals surface area contributed by atoms with E-state index in [1.54, 1.807) is 0 Å². The number of nitrogens with two attached hydrogens (primary N) is 1. The van der Waals surface area contributed by atoms with E-state index in [0.717, 1.165) is 12.3 Å². The number of ether oxygens (including phenoxy) is 2. The van der Waals surface area contributed by atoms with Crippen molar-refractivity contribution in [1.82, 2.24) is 4.98 Å². The van der Waals surface area contributed by atoms with Gasteiger partial charge >= 0.3 is 6.36 Å². The maximum absolute atomic E-state index is 11.8. The highest BCUT2D eigenvalue weighted by molar-refractivity contribution is 5.34. The maximum atomic E-state index is 11.8. The molecule has 15 heavy (non-hydrogen) atoms. The lowest BCUT2D eigenvalue weighted by atomic mass is 10.2. The number of hydrogen-bond acceptors (Lipinski definition) is 4. The molecule has 0 radical (unpaired) electrons. The largest absolute Gasteiger partial charge is 0.574 e. The summed E-state index contributed by atoms with van der Waals surface area (Å²) in [4.78, 5) is 3.42. The van der Waals surface area contributed by atoms with Crippen molar-refractivity contribution in [2.24, 2.45) is 5.73 Å². The Labute approximate surface area is 83.8 Å². The molecule has 0 amide bonds. The lowest BCUT2D eigenvalue weighted by Crippen LogP contribution is -2.18. The van der Waals surface area contributed by atoms with Crippen LogP contribution >= 0.6 is 0 Å². The van der Waals surface area contributed by atoms with E-state index >= 15 is 0 Å². The Bertz CT molecular complexity index is 341. The van der Waals surface area contributed by atoms with Gasteiger partial charge in [-0.25, -0.2) is 4.98 Å². The highest BCUT2D eigenvalue weighted by atomic mass is 19.4. The summed E-state index contributed by atoms with van der Waals surface area (Å²) < 4.78 is 44.0. The van der Waals surface area contributed by atoms with Crippen molar-refractivity contribution in [1.29, 1.82) is 0 Å². The predicted octanol–water partition coefficient (Wildman–Crippen LogP) is 1.45.